The van der Waals surface area contributed by atoms with Crippen LogP contribution >= 0.6 is 0 Å². The van der Waals surface area contributed by atoms with E-state index in [1.165, 1.54) is 29.9 Å². The number of hydrogen-bond acceptors (Lipinski definition) is 4. The monoisotopic (exact) mass is 331 g/mol. The van der Waals surface area contributed by atoms with Gasteiger partial charge in [-0.2, -0.15) is 0 Å². The molecule has 24 heavy (non-hydrogen) atoms. The molecule has 1 saturated heterocycles. The van der Waals surface area contributed by atoms with Crippen LogP contribution in [0.4, 0.5) is 0 Å². The number of likely N-dealkylation sites (tertiary alicyclic amines) is 1. The number of para-hydroxylation sites is 1. The largest absolute Gasteiger partial charge is 0.506 e. The second-order valence-corrected chi connectivity index (χ2v) is 6.67. The average Bonchev–Trinajstić information content (AvgIpc) is 2.56. The van der Waals surface area contributed by atoms with E-state index in [0.717, 1.165) is 25.9 Å². The maximum absolute atomic E-state index is 12.1. The molecule has 0 spiro atoms. The second kappa shape index (κ2) is 7.21. The third kappa shape index (κ3) is 3.38. The van der Waals surface area contributed by atoms with Crippen molar-refractivity contribution in [3.63, 3.8) is 0 Å². The van der Waals surface area contributed by atoms with E-state index in [1.54, 1.807) is 12.1 Å². The summed E-state index contributed by atoms with van der Waals surface area (Å²) in [5.74, 6) is -0.0275. The highest BCUT2D eigenvalue weighted by Crippen LogP contribution is 2.21. The maximum Gasteiger partial charge on any atom is 0.328 e. The highest BCUT2D eigenvalue weighted by atomic mass is 16.3. The van der Waals surface area contributed by atoms with Crippen LogP contribution in [0, 0.1) is 0 Å². The Hall–Kier alpha value is -2.08. The van der Waals surface area contributed by atoms with Gasteiger partial charge < -0.3 is 10.0 Å². The van der Waals surface area contributed by atoms with Gasteiger partial charge in [0.1, 0.15) is 11.3 Å². The standard InChI is InChI=1S/C18H25N3O3/c1-13-7-2-3-10-20(13)11-4-5-12-21-16-14(8-6-9-15(16)22)17(23)19-18(21)24/h6,8-9,13,22H,2-5,7,10-12H2,1H3,(H,19,23,24). The molecule has 1 aromatic carbocycles. The van der Waals surface area contributed by atoms with Crippen LogP contribution < -0.4 is 11.2 Å². The van der Waals surface area contributed by atoms with E-state index >= 15 is 0 Å². The molecule has 6 nitrogen and oxygen atoms in total. The van der Waals surface area contributed by atoms with Crippen molar-refractivity contribution < 1.29 is 5.11 Å². The first-order chi connectivity index (χ1) is 11.6. The quantitative estimate of drug-likeness (QED) is 0.822. The SMILES string of the molecule is CC1CCCCN1CCCCn1c(=O)[nH]c(=O)c2cccc(O)c21. The van der Waals surface area contributed by atoms with Crippen molar-refractivity contribution in [2.75, 3.05) is 13.1 Å². The van der Waals surface area contributed by atoms with Crippen LogP contribution in [0.15, 0.2) is 27.8 Å². The fraction of sp³-hybridized carbons (Fsp3) is 0.556. The summed E-state index contributed by atoms with van der Waals surface area (Å²) in [4.78, 5) is 28.9. The van der Waals surface area contributed by atoms with E-state index in [-0.39, 0.29) is 5.75 Å². The van der Waals surface area contributed by atoms with Crippen molar-refractivity contribution in [3.8, 4) is 5.75 Å². The highest BCUT2D eigenvalue weighted by Gasteiger charge is 2.17. The Morgan fingerprint density at radius 1 is 1.21 bits per heavy atom. The lowest BCUT2D eigenvalue weighted by Gasteiger charge is -2.33. The molecule has 1 aliphatic heterocycles. The summed E-state index contributed by atoms with van der Waals surface area (Å²) in [7, 11) is 0. The molecule has 0 saturated carbocycles. The second-order valence-electron chi connectivity index (χ2n) is 6.67. The summed E-state index contributed by atoms with van der Waals surface area (Å²) in [6.07, 6.45) is 5.67. The first-order valence-electron chi connectivity index (χ1n) is 8.77. The molecular weight excluding hydrogens is 306 g/mol. The molecule has 1 aromatic heterocycles. The number of unbranched alkanes of at least 4 members (excludes halogenated alkanes) is 1. The van der Waals surface area contributed by atoms with E-state index in [4.69, 9.17) is 0 Å². The number of aromatic nitrogens is 2. The van der Waals surface area contributed by atoms with E-state index in [9.17, 15) is 14.7 Å². The normalized spacial score (nSPS) is 19.0. The third-order valence-electron chi connectivity index (χ3n) is 5.01. The van der Waals surface area contributed by atoms with Crippen molar-refractivity contribution in [2.45, 2.75) is 51.6 Å². The number of aromatic amines is 1. The minimum absolute atomic E-state index is 0.0275. The molecule has 1 atom stereocenters. The molecule has 6 heteroatoms. The average molecular weight is 331 g/mol. The number of nitrogens with zero attached hydrogens (tertiary/aromatic N) is 2. The van der Waals surface area contributed by atoms with Gasteiger partial charge in [-0.15, -0.1) is 0 Å². The molecule has 2 heterocycles. The summed E-state index contributed by atoms with van der Waals surface area (Å²) in [6.45, 7) is 4.95. The zero-order valence-corrected chi connectivity index (χ0v) is 14.1. The van der Waals surface area contributed by atoms with Crippen molar-refractivity contribution in [1.82, 2.24) is 14.5 Å². The van der Waals surface area contributed by atoms with Crippen LogP contribution in [0.2, 0.25) is 0 Å². The number of fused-ring (bicyclic) bond motifs is 1. The van der Waals surface area contributed by atoms with Gasteiger partial charge in [-0.25, -0.2) is 4.79 Å². The van der Waals surface area contributed by atoms with Gasteiger partial charge in [0.15, 0.2) is 0 Å². The third-order valence-corrected chi connectivity index (χ3v) is 5.01. The van der Waals surface area contributed by atoms with Crippen molar-refractivity contribution in [1.29, 1.82) is 0 Å². The fourth-order valence-corrected chi connectivity index (χ4v) is 3.62. The zero-order valence-electron chi connectivity index (χ0n) is 14.1. The molecule has 2 N–H and O–H groups in total. The predicted octanol–water partition coefficient (Wildman–Crippen LogP) is 2.05. The minimum Gasteiger partial charge on any atom is -0.506 e. The number of hydrogen-bond donors (Lipinski definition) is 2. The zero-order chi connectivity index (χ0) is 17.1. The lowest BCUT2D eigenvalue weighted by molar-refractivity contribution is 0.157. The summed E-state index contributed by atoms with van der Waals surface area (Å²) >= 11 is 0. The van der Waals surface area contributed by atoms with Crippen LogP contribution in [-0.4, -0.2) is 38.7 Å². The number of piperidine rings is 1. The first-order valence-corrected chi connectivity index (χ1v) is 8.77. The minimum atomic E-state index is -0.458. The Kier molecular flexibility index (Phi) is 5.04. The van der Waals surface area contributed by atoms with Gasteiger partial charge >= 0.3 is 5.69 Å². The van der Waals surface area contributed by atoms with Gasteiger partial charge in [-0.05, 0) is 57.8 Å². The number of aromatic hydroxyl groups is 1. The molecule has 0 radical (unpaired) electrons. The lowest BCUT2D eigenvalue weighted by Crippen LogP contribution is -2.38. The summed E-state index contributed by atoms with van der Waals surface area (Å²) in [5, 5.41) is 10.4. The van der Waals surface area contributed by atoms with Gasteiger partial charge in [0.2, 0.25) is 0 Å². The number of aryl methyl sites for hydroxylation is 1. The van der Waals surface area contributed by atoms with Gasteiger partial charge in [-0.1, -0.05) is 12.5 Å². The summed E-state index contributed by atoms with van der Waals surface area (Å²) in [6, 6.07) is 5.38. The molecule has 0 aliphatic carbocycles. The number of H-pyrrole nitrogens is 1. The smallest absolute Gasteiger partial charge is 0.328 e. The van der Waals surface area contributed by atoms with E-state index in [1.807, 2.05) is 0 Å². The number of phenols is 1. The Balaban J connectivity index is 1.71. The van der Waals surface area contributed by atoms with E-state index in [0.29, 0.717) is 23.5 Å². The number of rotatable bonds is 5. The topological polar surface area (TPSA) is 78.3 Å². The lowest BCUT2D eigenvalue weighted by atomic mass is 10.0. The highest BCUT2D eigenvalue weighted by molar-refractivity contribution is 5.83. The Bertz CT molecular complexity index is 824. The number of nitrogens with one attached hydrogen (secondary N) is 1. The van der Waals surface area contributed by atoms with Crippen LogP contribution in [-0.2, 0) is 6.54 Å². The molecule has 1 unspecified atom stereocenters. The molecule has 2 aromatic rings. The van der Waals surface area contributed by atoms with E-state index < -0.39 is 11.2 Å². The number of benzene rings is 1. The van der Waals surface area contributed by atoms with Crippen molar-refractivity contribution >= 4 is 10.9 Å². The van der Waals surface area contributed by atoms with Gasteiger partial charge in [0.25, 0.3) is 5.56 Å². The summed E-state index contributed by atoms with van der Waals surface area (Å²) < 4.78 is 1.48. The van der Waals surface area contributed by atoms with Crippen LogP contribution in [0.1, 0.15) is 39.0 Å². The molecule has 1 aliphatic rings. The van der Waals surface area contributed by atoms with Crippen LogP contribution in [0.5, 0.6) is 5.75 Å². The molecule has 130 valence electrons. The predicted molar refractivity (Wildman–Crippen MR) is 94.6 cm³/mol. The summed E-state index contributed by atoms with van der Waals surface area (Å²) in [5.41, 5.74) is -0.581. The fourth-order valence-electron chi connectivity index (χ4n) is 3.62. The van der Waals surface area contributed by atoms with Gasteiger partial charge in [0.05, 0.1) is 5.39 Å². The first kappa shape index (κ1) is 16.8. The molecule has 1 fully saturated rings. The molecule has 0 bridgehead atoms. The molecular formula is C18H25N3O3. The van der Waals surface area contributed by atoms with Crippen LogP contribution in [0.25, 0.3) is 10.9 Å². The van der Waals surface area contributed by atoms with Crippen molar-refractivity contribution in [3.05, 3.63) is 39.0 Å². The van der Waals surface area contributed by atoms with Crippen molar-refractivity contribution in [2.24, 2.45) is 0 Å². The maximum atomic E-state index is 12.1. The Labute approximate surface area is 140 Å². The Morgan fingerprint density at radius 2 is 2.00 bits per heavy atom. The molecule has 3 rings (SSSR count). The molecule has 0 amide bonds. The van der Waals surface area contributed by atoms with Crippen LogP contribution in [0.3, 0.4) is 0 Å². The Morgan fingerprint density at radius 3 is 2.79 bits per heavy atom. The van der Waals surface area contributed by atoms with Gasteiger partial charge in [0, 0.05) is 12.6 Å². The number of phenolic OH excluding ortho intramolecular Hbond substituents is 1. The van der Waals surface area contributed by atoms with E-state index in [2.05, 4.69) is 16.8 Å². The van der Waals surface area contributed by atoms with Gasteiger partial charge in [-0.3, -0.25) is 14.3 Å².